The molecule has 6 nitrogen and oxygen atoms in total. The molecule has 0 aliphatic carbocycles. The Labute approximate surface area is 188 Å². The van der Waals surface area contributed by atoms with Gasteiger partial charge in [0.2, 0.25) is 0 Å². The van der Waals surface area contributed by atoms with E-state index >= 15 is 0 Å². The fourth-order valence-electron chi connectivity index (χ4n) is 3.11. The SMILES string of the molecule is CC1(P)N=Nc2ccc(-c3cc[n+](CCCC(=O)OCc4ccccc4)cc3)nc2S1. The first kappa shape index (κ1) is 21.6. The zero-order valence-corrected chi connectivity index (χ0v) is 19.2. The van der Waals surface area contributed by atoms with Crippen molar-refractivity contribution in [3.63, 3.8) is 0 Å². The van der Waals surface area contributed by atoms with E-state index in [-0.39, 0.29) is 10.6 Å². The summed E-state index contributed by atoms with van der Waals surface area (Å²) >= 11 is 1.58. The normalized spacial score (nSPS) is 17.2. The second-order valence-corrected chi connectivity index (χ2v) is 10.4. The molecule has 1 aromatic carbocycles. The lowest BCUT2D eigenvalue weighted by atomic mass is 10.2. The number of ether oxygens (including phenoxy) is 1. The molecule has 0 amide bonds. The van der Waals surface area contributed by atoms with E-state index in [1.54, 1.807) is 11.8 Å². The van der Waals surface area contributed by atoms with E-state index in [9.17, 15) is 4.79 Å². The molecule has 2 unspecified atom stereocenters. The molecule has 0 radical (unpaired) electrons. The fraction of sp³-hybridized carbons (Fsp3) is 0.261. The molecule has 2 atom stereocenters. The van der Waals surface area contributed by atoms with Crippen molar-refractivity contribution in [2.45, 2.75) is 42.6 Å². The van der Waals surface area contributed by atoms with Crippen LogP contribution in [0.5, 0.6) is 0 Å². The van der Waals surface area contributed by atoms with Crippen molar-refractivity contribution >= 4 is 32.7 Å². The van der Waals surface area contributed by atoms with Crippen LogP contribution in [0.4, 0.5) is 5.69 Å². The minimum atomic E-state index is -0.374. The quantitative estimate of drug-likeness (QED) is 0.278. The molecule has 1 aliphatic rings. The maximum absolute atomic E-state index is 12.0. The number of benzene rings is 1. The van der Waals surface area contributed by atoms with Crippen LogP contribution in [0.25, 0.3) is 11.3 Å². The average Bonchev–Trinajstić information content (AvgIpc) is 2.78. The lowest BCUT2D eigenvalue weighted by molar-refractivity contribution is -0.697. The van der Waals surface area contributed by atoms with Gasteiger partial charge in [-0.1, -0.05) is 51.3 Å². The van der Waals surface area contributed by atoms with E-state index in [4.69, 9.17) is 9.72 Å². The van der Waals surface area contributed by atoms with Gasteiger partial charge in [-0.15, -0.1) is 0 Å². The van der Waals surface area contributed by atoms with Gasteiger partial charge in [-0.2, -0.15) is 10.2 Å². The number of aromatic nitrogens is 2. The van der Waals surface area contributed by atoms with Crippen LogP contribution >= 0.6 is 21.0 Å². The molecule has 0 bridgehead atoms. The number of esters is 1. The van der Waals surface area contributed by atoms with Crippen molar-refractivity contribution in [3.05, 3.63) is 72.6 Å². The van der Waals surface area contributed by atoms with Gasteiger partial charge in [0, 0.05) is 24.1 Å². The molecule has 0 fully saturated rings. The summed E-state index contributed by atoms with van der Waals surface area (Å²) in [4.78, 5) is 16.7. The van der Waals surface area contributed by atoms with Gasteiger partial charge < -0.3 is 4.74 Å². The number of fused-ring (bicyclic) bond motifs is 1. The maximum atomic E-state index is 12.0. The smallest absolute Gasteiger partial charge is 0.306 e. The van der Waals surface area contributed by atoms with Gasteiger partial charge in [0.1, 0.15) is 28.5 Å². The lowest BCUT2D eigenvalue weighted by Gasteiger charge is -2.21. The highest BCUT2D eigenvalue weighted by Crippen LogP contribution is 2.47. The Kier molecular flexibility index (Phi) is 6.73. The first-order chi connectivity index (χ1) is 15.0. The highest BCUT2D eigenvalue weighted by atomic mass is 32.2. The van der Waals surface area contributed by atoms with E-state index in [1.165, 1.54) is 0 Å². The van der Waals surface area contributed by atoms with Gasteiger partial charge in [-0.25, -0.2) is 9.55 Å². The molecule has 3 aromatic rings. The van der Waals surface area contributed by atoms with Crippen molar-refractivity contribution in [2.24, 2.45) is 10.2 Å². The summed E-state index contributed by atoms with van der Waals surface area (Å²) in [6, 6.07) is 17.7. The summed E-state index contributed by atoms with van der Waals surface area (Å²) in [7, 11) is 2.70. The minimum Gasteiger partial charge on any atom is -0.461 e. The largest absolute Gasteiger partial charge is 0.461 e. The van der Waals surface area contributed by atoms with E-state index in [2.05, 4.69) is 24.0 Å². The van der Waals surface area contributed by atoms with Gasteiger partial charge in [0.05, 0.1) is 12.1 Å². The van der Waals surface area contributed by atoms with Gasteiger partial charge in [0.25, 0.3) is 0 Å². The molecule has 0 saturated heterocycles. The zero-order chi connectivity index (χ0) is 21.7. The third-order valence-electron chi connectivity index (χ3n) is 4.73. The number of rotatable bonds is 7. The molecule has 0 N–H and O–H groups in total. The van der Waals surface area contributed by atoms with Crippen LogP contribution in [0.3, 0.4) is 0 Å². The topological polar surface area (TPSA) is 67.8 Å². The molecule has 1 aliphatic heterocycles. The number of hydrogen-bond donors (Lipinski definition) is 0. The summed E-state index contributed by atoms with van der Waals surface area (Å²) in [5.41, 5.74) is 3.75. The van der Waals surface area contributed by atoms with Crippen molar-refractivity contribution < 1.29 is 14.1 Å². The van der Waals surface area contributed by atoms with Crippen molar-refractivity contribution in [3.8, 4) is 11.3 Å². The molecule has 4 rings (SSSR count). The van der Waals surface area contributed by atoms with Crippen molar-refractivity contribution in [1.29, 1.82) is 0 Å². The van der Waals surface area contributed by atoms with E-state index in [0.717, 1.165) is 40.5 Å². The minimum absolute atomic E-state index is 0.171. The second-order valence-electron chi connectivity index (χ2n) is 7.45. The van der Waals surface area contributed by atoms with Crippen LogP contribution in [-0.2, 0) is 22.7 Å². The molecular weight excluding hydrogens is 427 g/mol. The third-order valence-corrected chi connectivity index (χ3v) is 6.18. The first-order valence-electron chi connectivity index (χ1n) is 10.1. The number of hydrogen-bond acceptors (Lipinski definition) is 6. The Bertz CT molecular complexity index is 1090. The Morgan fingerprint density at radius 3 is 2.68 bits per heavy atom. The standard InChI is InChI=1S/C23H24N4O2PS/c1-23(30)26-25-20-10-9-19(24-22(20)31-23)18-11-14-27(15-12-18)13-5-8-21(28)29-16-17-6-3-2-4-7-17/h2-4,6-7,9-12,14-15H,5,8,13,16,30H2,1H3/q+1. The van der Waals surface area contributed by atoms with Gasteiger partial charge in [-0.05, 0) is 24.6 Å². The Hall–Kier alpha value is -2.63. The monoisotopic (exact) mass is 451 g/mol. The Morgan fingerprint density at radius 1 is 1.13 bits per heavy atom. The molecule has 31 heavy (non-hydrogen) atoms. The summed E-state index contributed by atoms with van der Waals surface area (Å²) < 4.78 is 7.02. The number of nitrogens with zero attached hydrogens (tertiary/aromatic N) is 4. The number of carbonyl (C=O) groups excluding carboxylic acids is 1. The highest BCUT2D eigenvalue weighted by molar-refractivity contribution is 8.04. The van der Waals surface area contributed by atoms with E-state index in [1.807, 2.05) is 73.9 Å². The molecule has 8 heteroatoms. The van der Waals surface area contributed by atoms with Crippen LogP contribution in [0.2, 0.25) is 0 Å². The number of thioether (sulfide) groups is 1. The van der Waals surface area contributed by atoms with Gasteiger partial charge in [-0.3, -0.25) is 4.79 Å². The number of aryl methyl sites for hydroxylation is 1. The van der Waals surface area contributed by atoms with Crippen molar-refractivity contribution in [2.75, 3.05) is 0 Å². The molecule has 0 saturated carbocycles. The molecular formula is C23H24N4O2PS+. The number of azo groups is 1. The summed E-state index contributed by atoms with van der Waals surface area (Å²) in [5.74, 6) is -0.171. The summed E-state index contributed by atoms with van der Waals surface area (Å²) in [6.45, 7) is 3.07. The lowest BCUT2D eigenvalue weighted by Crippen LogP contribution is -2.32. The fourth-order valence-corrected chi connectivity index (χ4v) is 4.33. The molecule has 158 valence electrons. The van der Waals surface area contributed by atoms with E-state index in [0.29, 0.717) is 13.0 Å². The summed E-state index contributed by atoms with van der Waals surface area (Å²) in [5, 5.41) is 9.40. The first-order valence-corrected chi connectivity index (χ1v) is 11.5. The molecule has 3 heterocycles. The van der Waals surface area contributed by atoms with Crippen LogP contribution < -0.4 is 4.57 Å². The molecule has 0 spiro atoms. The Morgan fingerprint density at radius 2 is 1.90 bits per heavy atom. The van der Waals surface area contributed by atoms with Gasteiger partial charge >= 0.3 is 5.97 Å². The van der Waals surface area contributed by atoms with Crippen LogP contribution in [0.15, 0.2) is 82.2 Å². The second kappa shape index (κ2) is 9.67. The van der Waals surface area contributed by atoms with Crippen LogP contribution in [0.1, 0.15) is 25.3 Å². The maximum Gasteiger partial charge on any atom is 0.306 e. The zero-order valence-electron chi connectivity index (χ0n) is 17.3. The summed E-state index contributed by atoms with van der Waals surface area (Å²) in [6.07, 6.45) is 5.15. The number of pyridine rings is 2. The van der Waals surface area contributed by atoms with E-state index < -0.39 is 0 Å². The predicted octanol–water partition coefficient (Wildman–Crippen LogP) is 5.30. The van der Waals surface area contributed by atoms with Crippen molar-refractivity contribution in [1.82, 2.24) is 4.98 Å². The number of carbonyl (C=O) groups is 1. The highest BCUT2D eigenvalue weighted by Gasteiger charge is 2.26. The Balaban J connectivity index is 1.29. The van der Waals surface area contributed by atoms with Crippen LogP contribution in [0, 0.1) is 0 Å². The van der Waals surface area contributed by atoms with Gasteiger partial charge in [0.15, 0.2) is 12.4 Å². The third kappa shape index (κ3) is 5.96. The average molecular weight is 452 g/mol. The molecule has 2 aromatic heterocycles. The van der Waals surface area contributed by atoms with Crippen LogP contribution in [-0.4, -0.2) is 15.6 Å². The predicted molar refractivity (Wildman–Crippen MR) is 124 cm³/mol.